The molecule has 1 nitrogen and oxygen atoms in total. The molecule has 0 heterocycles. The van der Waals surface area contributed by atoms with Crippen molar-refractivity contribution in [1.29, 1.82) is 0 Å². The number of phenolic OH excluding ortho intramolecular Hbond substituents is 1. The molecule has 1 aromatic rings. The number of rotatable bonds is 10. The first-order chi connectivity index (χ1) is 10.8. The van der Waals surface area contributed by atoms with Crippen molar-refractivity contribution < 1.29 is 5.11 Å². The predicted molar refractivity (Wildman–Crippen MR) is 102 cm³/mol. The Kier molecular flexibility index (Phi) is 7.64. The third kappa shape index (κ3) is 5.55. The van der Waals surface area contributed by atoms with E-state index in [1.165, 1.54) is 38.5 Å². The standard InChI is InChI=1S/C22H38O/c1-7-9-11-16-21(3,4)18-14-13-15-19(20(18)23)22(5,6)17-12-10-8-2/h13-15,23H,7-12,16-17H2,1-6H3. The van der Waals surface area contributed by atoms with Gasteiger partial charge in [0, 0.05) is 0 Å². The van der Waals surface area contributed by atoms with E-state index in [0.29, 0.717) is 5.75 Å². The fraction of sp³-hybridized carbons (Fsp3) is 0.727. The minimum Gasteiger partial charge on any atom is -0.507 e. The molecule has 132 valence electrons. The molecule has 1 heteroatoms. The Bertz CT molecular complexity index is 431. The Morgan fingerprint density at radius 3 is 1.48 bits per heavy atom. The maximum atomic E-state index is 11.0. The third-order valence-corrected chi connectivity index (χ3v) is 5.30. The summed E-state index contributed by atoms with van der Waals surface area (Å²) >= 11 is 0. The van der Waals surface area contributed by atoms with Crippen LogP contribution in [-0.2, 0) is 10.8 Å². The summed E-state index contributed by atoms with van der Waals surface area (Å²) < 4.78 is 0. The zero-order chi connectivity index (χ0) is 17.5. The van der Waals surface area contributed by atoms with Crippen molar-refractivity contribution in [2.24, 2.45) is 0 Å². The molecule has 0 radical (unpaired) electrons. The van der Waals surface area contributed by atoms with Gasteiger partial charge >= 0.3 is 0 Å². The molecular formula is C22H38O. The lowest BCUT2D eigenvalue weighted by molar-refractivity contribution is 0.380. The Morgan fingerprint density at radius 1 is 0.739 bits per heavy atom. The smallest absolute Gasteiger partial charge is 0.123 e. The highest BCUT2D eigenvalue weighted by Crippen LogP contribution is 2.42. The van der Waals surface area contributed by atoms with Crippen LogP contribution in [0.4, 0.5) is 0 Å². The largest absolute Gasteiger partial charge is 0.507 e. The lowest BCUT2D eigenvalue weighted by atomic mass is 9.74. The van der Waals surface area contributed by atoms with E-state index in [9.17, 15) is 5.11 Å². The molecule has 0 aliphatic heterocycles. The summed E-state index contributed by atoms with van der Waals surface area (Å²) in [6.45, 7) is 13.6. The number of hydrogen-bond acceptors (Lipinski definition) is 1. The number of benzene rings is 1. The van der Waals surface area contributed by atoms with E-state index in [4.69, 9.17) is 0 Å². The Hall–Kier alpha value is -0.980. The van der Waals surface area contributed by atoms with Gasteiger partial charge in [0.15, 0.2) is 0 Å². The summed E-state index contributed by atoms with van der Waals surface area (Å²) in [5.74, 6) is 0.537. The lowest BCUT2D eigenvalue weighted by Crippen LogP contribution is -2.21. The molecule has 23 heavy (non-hydrogen) atoms. The molecule has 0 unspecified atom stereocenters. The number of hydrogen-bond donors (Lipinski definition) is 1. The van der Waals surface area contributed by atoms with Crippen LogP contribution in [0.5, 0.6) is 5.75 Å². The Morgan fingerprint density at radius 2 is 1.13 bits per heavy atom. The van der Waals surface area contributed by atoms with E-state index < -0.39 is 0 Å². The second-order valence-electron chi connectivity index (χ2n) is 8.38. The molecule has 0 saturated heterocycles. The van der Waals surface area contributed by atoms with Gasteiger partial charge in [-0.3, -0.25) is 0 Å². The van der Waals surface area contributed by atoms with E-state index in [-0.39, 0.29) is 10.8 Å². The summed E-state index contributed by atoms with van der Waals surface area (Å²) in [6, 6.07) is 6.37. The summed E-state index contributed by atoms with van der Waals surface area (Å²) in [6.07, 6.45) is 9.75. The van der Waals surface area contributed by atoms with Gasteiger partial charge in [-0.05, 0) is 34.8 Å². The van der Waals surface area contributed by atoms with Crippen molar-refractivity contribution >= 4 is 0 Å². The molecule has 0 atom stereocenters. The second-order valence-corrected chi connectivity index (χ2v) is 8.38. The number of aromatic hydroxyl groups is 1. The second kappa shape index (κ2) is 8.76. The van der Waals surface area contributed by atoms with Gasteiger partial charge in [0.05, 0.1) is 0 Å². The summed E-state index contributed by atoms with van der Waals surface area (Å²) in [5, 5.41) is 11.0. The van der Waals surface area contributed by atoms with Crippen LogP contribution in [0.3, 0.4) is 0 Å². The van der Waals surface area contributed by atoms with Crippen LogP contribution in [0.2, 0.25) is 0 Å². The van der Waals surface area contributed by atoms with E-state index in [1.807, 2.05) is 0 Å². The molecule has 0 aromatic heterocycles. The first-order valence-corrected chi connectivity index (χ1v) is 9.59. The minimum absolute atomic E-state index is 0.0365. The molecular weight excluding hydrogens is 280 g/mol. The summed E-state index contributed by atoms with van der Waals surface area (Å²) in [4.78, 5) is 0. The van der Waals surface area contributed by atoms with Crippen LogP contribution in [0, 0.1) is 0 Å². The van der Waals surface area contributed by atoms with Crippen LogP contribution < -0.4 is 0 Å². The quantitative estimate of drug-likeness (QED) is 0.456. The van der Waals surface area contributed by atoms with Gasteiger partial charge < -0.3 is 5.11 Å². The van der Waals surface area contributed by atoms with Gasteiger partial charge in [-0.15, -0.1) is 0 Å². The van der Waals surface area contributed by atoms with Gasteiger partial charge in [-0.25, -0.2) is 0 Å². The molecule has 0 aliphatic carbocycles. The average Bonchev–Trinajstić information content (AvgIpc) is 2.47. The molecule has 0 aliphatic rings. The maximum absolute atomic E-state index is 11.0. The first kappa shape index (κ1) is 20.1. The zero-order valence-electron chi connectivity index (χ0n) is 16.3. The van der Waals surface area contributed by atoms with Gasteiger partial charge in [-0.1, -0.05) is 98.3 Å². The van der Waals surface area contributed by atoms with Crippen LogP contribution in [0.25, 0.3) is 0 Å². The van der Waals surface area contributed by atoms with Crippen molar-refractivity contribution in [3.05, 3.63) is 29.3 Å². The van der Waals surface area contributed by atoms with E-state index in [0.717, 1.165) is 24.0 Å². The fourth-order valence-electron chi connectivity index (χ4n) is 3.54. The van der Waals surface area contributed by atoms with Crippen molar-refractivity contribution in [2.45, 2.75) is 104 Å². The van der Waals surface area contributed by atoms with E-state index >= 15 is 0 Å². The monoisotopic (exact) mass is 318 g/mol. The molecule has 0 amide bonds. The molecule has 0 bridgehead atoms. The molecule has 0 saturated carbocycles. The lowest BCUT2D eigenvalue weighted by Gasteiger charge is -2.31. The maximum Gasteiger partial charge on any atom is 0.123 e. The Labute approximate surface area is 144 Å². The van der Waals surface area contributed by atoms with Crippen molar-refractivity contribution in [1.82, 2.24) is 0 Å². The van der Waals surface area contributed by atoms with Crippen molar-refractivity contribution in [3.63, 3.8) is 0 Å². The third-order valence-electron chi connectivity index (χ3n) is 5.30. The Balaban J connectivity index is 3.01. The molecule has 0 spiro atoms. The highest BCUT2D eigenvalue weighted by Gasteiger charge is 2.29. The normalized spacial score (nSPS) is 12.6. The minimum atomic E-state index is 0.0365. The predicted octanol–water partition coefficient (Wildman–Crippen LogP) is 7.11. The topological polar surface area (TPSA) is 20.2 Å². The molecule has 1 N–H and O–H groups in total. The summed E-state index contributed by atoms with van der Waals surface area (Å²) in [5.41, 5.74) is 2.31. The van der Waals surface area contributed by atoms with E-state index in [2.05, 4.69) is 59.7 Å². The van der Waals surface area contributed by atoms with Crippen molar-refractivity contribution in [2.75, 3.05) is 0 Å². The SMILES string of the molecule is CCCCCC(C)(C)c1cccc(C(C)(C)CCCCC)c1O. The van der Waals surface area contributed by atoms with Crippen LogP contribution in [-0.4, -0.2) is 5.11 Å². The first-order valence-electron chi connectivity index (χ1n) is 9.59. The van der Waals surface area contributed by atoms with Crippen LogP contribution in [0.15, 0.2) is 18.2 Å². The van der Waals surface area contributed by atoms with Gasteiger partial charge in [0.2, 0.25) is 0 Å². The van der Waals surface area contributed by atoms with Gasteiger partial charge in [0.25, 0.3) is 0 Å². The molecule has 1 rings (SSSR count). The van der Waals surface area contributed by atoms with Crippen LogP contribution in [0.1, 0.15) is 104 Å². The number of unbranched alkanes of at least 4 members (excludes halogenated alkanes) is 4. The van der Waals surface area contributed by atoms with Gasteiger partial charge in [-0.2, -0.15) is 0 Å². The number of phenols is 1. The zero-order valence-corrected chi connectivity index (χ0v) is 16.3. The highest BCUT2D eigenvalue weighted by atomic mass is 16.3. The number of para-hydroxylation sites is 1. The molecule has 0 fully saturated rings. The van der Waals surface area contributed by atoms with Crippen molar-refractivity contribution in [3.8, 4) is 5.75 Å². The highest BCUT2D eigenvalue weighted by molar-refractivity contribution is 5.47. The fourth-order valence-corrected chi connectivity index (χ4v) is 3.54. The summed E-state index contributed by atoms with van der Waals surface area (Å²) in [7, 11) is 0. The van der Waals surface area contributed by atoms with Crippen LogP contribution >= 0.6 is 0 Å². The van der Waals surface area contributed by atoms with E-state index in [1.54, 1.807) is 0 Å². The van der Waals surface area contributed by atoms with Gasteiger partial charge in [0.1, 0.15) is 5.75 Å². The average molecular weight is 319 g/mol. The molecule has 1 aromatic carbocycles.